The molecule has 1 amide bonds. The molecule has 5 nitrogen and oxygen atoms in total. The number of aromatic nitrogens is 1. The minimum atomic E-state index is -0.433. The van der Waals surface area contributed by atoms with E-state index in [1.165, 1.54) is 0 Å². The normalized spacial score (nSPS) is 11.3. The van der Waals surface area contributed by atoms with Gasteiger partial charge in [-0.05, 0) is 17.7 Å². The Bertz CT molecular complexity index is 871. The average molecular weight is 314 g/mol. The van der Waals surface area contributed by atoms with Gasteiger partial charge in [-0.3, -0.25) is 4.79 Å². The molecule has 3 rings (SSSR count). The second-order valence-electron chi connectivity index (χ2n) is 4.73. The Morgan fingerprint density at radius 1 is 1.14 bits per heavy atom. The molecule has 0 spiro atoms. The summed E-state index contributed by atoms with van der Waals surface area (Å²) in [5.74, 6) is -0.548. The lowest BCUT2D eigenvalue weighted by molar-refractivity contribution is -0.117. The standard InChI is InChI=1S/C16H12ClN3O2/c17-12-7-3-1-5-10(12)9-14(21)19-20-15-11-6-2-4-8-13(11)18-16(15)22/h1-8,18,22H,9H2. The summed E-state index contributed by atoms with van der Waals surface area (Å²) >= 11 is 6.00. The summed E-state index contributed by atoms with van der Waals surface area (Å²) in [6.07, 6.45) is 0.0618. The molecule has 2 aromatic carbocycles. The number of aromatic hydroxyl groups is 1. The van der Waals surface area contributed by atoms with Gasteiger partial charge in [0.1, 0.15) is 0 Å². The first kappa shape index (κ1) is 14.3. The lowest BCUT2D eigenvalue weighted by Gasteiger charge is -1.99. The van der Waals surface area contributed by atoms with E-state index in [0.717, 1.165) is 5.52 Å². The van der Waals surface area contributed by atoms with Crippen molar-refractivity contribution in [3.63, 3.8) is 0 Å². The van der Waals surface area contributed by atoms with Gasteiger partial charge in [0, 0.05) is 10.4 Å². The molecule has 0 radical (unpaired) electrons. The third-order valence-electron chi connectivity index (χ3n) is 3.22. The van der Waals surface area contributed by atoms with Crippen molar-refractivity contribution in [1.82, 2.24) is 4.98 Å². The van der Waals surface area contributed by atoms with Crippen LogP contribution in [0.15, 0.2) is 58.8 Å². The first-order valence-electron chi connectivity index (χ1n) is 6.63. The Morgan fingerprint density at radius 3 is 2.68 bits per heavy atom. The third kappa shape index (κ3) is 2.84. The van der Waals surface area contributed by atoms with E-state index in [1.807, 2.05) is 12.1 Å². The number of hydrogen-bond donors (Lipinski definition) is 2. The van der Waals surface area contributed by atoms with Crippen LogP contribution in [0.5, 0.6) is 5.88 Å². The maximum Gasteiger partial charge on any atom is 0.269 e. The van der Waals surface area contributed by atoms with E-state index in [2.05, 4.69) is 15.2 Å². The van der Waals surface area contributed by atoms with Crippen molar-refractivity contribution in [2.24, 2.45) is 10.2 Å². The largest absolute Gasteiger partial charge is 0.493 e. The molecule has 0 atom stereocenters. The first-order chi connectivity index (χ1) is 10.6. The van der Waals surface area contributed by atoms with Crippen LogP contribution in [-0.2, 0) is 11.2 Å². The number of benzene rings is 2. The zero-order valence-corrected chi connectivity index (χ0v) is 12.2. The molecule has 0 aliphatic carbocycles. The number of fused-ring (bicyclic) bond motifs is 1. The number of nitrogens with zero attached hydrogens (tertiary/aromatic N) is 2. The highest BCUT2D eigenvalue weighted by molar-refractivity contribution is 6.31. The van der Waals surface area contributed by atoms with E-state index < -0.39 is 5.91 Å². The summed E-state index contributed by atoms with van der Waals surface area (Å²) in [5, 5.41) is 18.6. The van der Waals surface area contributed by atoms with Crippen LogP contribution in [0.4, 0.5) is 5.69 Å². The highest BCUT2D eigenvalue weighted by Gasteiger charge is 2.11. The summed E-state index contributed by atoms with van der Waals surface area (Å²) in [6, 6.07) is 14.3. The SMILES string of the molecule is O=C(Cc1ccccc1Cl)N=Nc1c(O)[nH]c2ccccc12. The van der Waals surface area contributed by atoms with E-state index >= 15 is 0 Å². The summed E-state index contributed by atoms with van der Waals surface area (Å²) in [6.45, 7) is 0. The van der Waals surface area contributed by atoms with E-state index in [1.54, 1.807) is 36.4 Å². The van der Waals surface area contributed by atoms with E-state index in [4.69, 9.17) is 11.6 Å². The number of para-hydroxylation sites is 1. The molecule has 0 saturated heterocycles. The van der Waals surface area contributed by atoms with Crippen molar-refractivity contribution in [3.8, 4) is 5.88 Å². The second kappa shape index (κ2) is 5.99. The van der Waals surface area contributed by atoms with Crippen LogP contribution in [0.2, 0.25) is 5.02 Å². The number of H-pyrrole nitrogens is 1. The zero-order valence-electron chi connectivity index (χ0n) is 11.5. The Hall–Kier alpha value is -2.66. The predicted octanol–water partition coefficient (Wildman–Crippen LogP) is 4.38. The number of amides is 1. The Morgan fingerprint density at radius 2 is 1.86 bits per heavy atom. The van der Waals surface area contributed by atoms with E-state index in [0.29, 0.717) is 16.0 Å². The molecule has 22 heavy (non-hydrogen) atoms. The summed E-state index contributed by atoms with van der Waals surface area (Å²) < 4.78 is 0. The van der Waals surface area contributed by atoms with Gasteiger partial charge in [0.25, 0.3) is 5.91 Å². The third-order valence-corrected chi connectivity index (χ3v) is 3.59. The molecule has 0 aliphatic rings. The van der Waals surface area contributed by atoms with Crippen molar-refractivity contribution >= 4 is 34.1 Å². The highest BCUT2D eigenvalue weighted by Crippen LogP contribution is 2.35. The molecule has 3 aromatic rings. The minimum absolute atomic E-state index is 0.0618. The van der Waals surface area contributed by atoms with Gasteiger partial charge in [0.15, 0.2) is 5.69 Å². The van der Waals surface area contributed by atoms with E-state index in [-0.39, 0.29) is 18.0 Å². The van der Waals surface area contributed by atoms with Crippen LogP contribution in [-0.4, -0.2) is 16.0 Å². The monoisotopic (exact) mass is 313 g/mol. The molecule has 0 bridgehead atoms. The lowest BCUT2D eigenvalue weighted by atomic mass is 10.1. The smallest absolute Gasteiger partial charge is 0.269 e. The molecular weight excluding hydrogens is 302 g/mol. The number of carbonyl (C=O) groups excluding carboxylic acids is 1. The first-order valence-corrected chi connectivity index (χ1v) is 7.00. The summed E-state index contributed by atoms with van der Waals surface area (Å²) in [7, 11) is 0. The summed E-state index contributed by atoms with van der Waals surface area (Å²) in [5.41, 5.74) is 1.67. The zero-order chi connectivity index (χ0) is 15.5. The summed E-state index contributed by atoms with van der Waals surface area (Å²) in [4.78, 5) is 14.7. The second-order valence-corrected chi connectivity index (χ2v) is 5.14. The van der Waals surface area contributed by atoms with Crippen molar-refractivity contribution in [3.05, 3.63) is 59.1 Å². The number of halogens is 1. The number of rotatable bonds is 3. The van der Waals surface area contributed by atoms with Crippen molar-refractivity contribution in [2.45, 2.75) is 6.42 Å². The minimum Gasteiger partial charge on any atom is -0.493 e. The molecule has 1 aromatic heterocycles. The highest BCUT2D eigenvalue weighted by atomic mass is 35.5. The topological polar surface area (TPSA) is 77.8 Å². The number of azo groups is 1. The Labute approximate surface area is 131 Å². The maximum atomic E-state index is 11.9. The van der Waals surface area contributed by atoms with Crippen LogP contribution < -0.4 is 0 Å². The molecular formula is C16H12ClN3O2. The molecule has 2 N–H and O–H groups in total. The van der Waals surface area contributed by atoms with Gasteiger partial charge >= 0.3 is 0 Å². The van der Waals surface area contributed by atoms with Crippen molar-refractivity contribution in [2.75, 3.05) is 0 Å². The lowest BCUT2D eigenvalue weighted by Crippen LogP contribution is -1.98. The van der Waals surface area contributed by atoms with Crippen molar-refractivity contribution in [1.29, 1.82) is 0 Å². The fourth-order valence-electron chi connectivity index (χ4n) is 2.16. The average Bonchev–Trinajstić information content (AvgIpc) is 2.83. The maximum absolute atomic E-state index is 11.9. The number of hydrogen-bond acceptors (Lipinski definition) is 3. The van der Waals surface area contributed by atoms with E-state index in [9.17, 15) is 9.90 Å². The molecule has 1 heterocycles. The number of aromatic amines is 1. The van der Waals surface area contributed by atoms with Crippen LogP contribution in [0.25, 0.3) is 10.9 Å². The predicted molar refractivity (Wildman–Crippen MR) is 84.6 cm³/mol. The molecule has 6 heteroatoms. The quantitative estimate of drug-likeness (QED) is 0.704. The Balaban J connectivity index is 1.82. The van der Waals surface area contributed by atoms with Gasteiger partial charge in [0.2, 0.25) is 5.88 Å². The number of carbonyl (C=O) groups is 1. The van der Waals surface area contributed by atoms with Gasteiger partial charge < -0.3 is 10.1 Å². The fraction of sp³-hybridized carbons (Fsp3) is 0.0625. The van der Waals surface area contributed by atoms with Crippen LogP contribution in [0.1, 0.15) is 5.56 Å². The number of nitrogens with one attached hydrogen (secondary N) is 1. The van der Waals surface area contributed by atoms with Gasteiger partial charge in [-0.15, -0.1) is 10.2 Å². The van der Waals surface area contributed by atoms with Crippen LogP contribution in [0.3, 0.4) is 0 Å². The fourth-order valence-corrected chi connectivity index (χ4v) is 2.36. The van der Waals surface area contributed by atoms with Gasteiger partial charge in [-0.2, -0.15) is 0 Å². The molecule has 0 saturated carbocycles. The van der Waals surface area contributed by atoms with Gasteiger partial charge in [0.05, 0.1) is 11.9 Å². The molecule has 110 valence electrons. The van der Waals surface area contributed by atoms with Crippen LogP contribution in [0, 0.1) is 0 Å². The van der Waals surface area contributed by atoms with Gasteiger partial charge in [-0.25, -0.2) is 0 Å². The molecule has 0 unspecified atom stereocenters. The molecule has 0 aliphatic heterocycles. The van der Waals surface area contributed by atoms with Crippen LogP contribution >= 0.6 is 11.6 Å². The van der Waals surface area contributed by atoms with Crippen molar-refractivity contribution < 1.29 is 9.90 Å². The van der Waals surface area contributed by atoms with Gasteiger partial charge in [-0.1, -0.05) is 48.0 Å². The Kier molecular flexibility index (Phi) is 3.89. The molecule has 0 fully saturated rings.